The molecule has 21 fully saturated rings. The van der Waals surface area contributed by atoms with Crippen LogP contribution in [0.4, 0.5) is 67.1 Å². The van der Waals surface area contributed by atoms with Crippen LogP contribution in [0.3, 0.4) is 0 Å². The number of amides is 28. The van der Waals surface area contributed by atoms with Gasteiger partial charge in [0.25, 0.3) is 5.85 Å². The van der Waals surface area contributed by atoms with Gasteiger partial charge >= 0.3 is 84.4 Å². The minimum absolute atomic E-state index is 0.149. The van der Waals surface area contributed by atoms with Gasteiger partial charge in [0.15, 0.2) is 80.2 Å². The lowest BCUT2D eigenvalue weighted by molar-refractivity contribution is -0.234. The molecule has 21 rings (SSSR count). The Morgan fingerprint density at radius 3 is 0.626 bits per heavy atom. The van der Waals surface area contributed by atoms with Crippen LogP contribution in [0.5, 0.6) is 0 Å². The quantitative estimate of drug-likeness (QED) is 0.183. The summed E-state index contributed by atoms with van der Waals surface area (Å²) in [5.74, 6) is 0.360. The smallest absolute Gasteiger partial charge is 0.328 e. The van der Waals surface area contributed by atoms with E-state index < -0.39 is 264 Å². The highest BCUT2D eigenvalue weighted by molar-refractivity contribution is 5.96. The van der Waals surface area contributed by atoms with Crippen molar-refractivity contribution in [3.05, 3.63) is 0 Å². The standard InChI is InChI=1S/C48H50N28O15/c1-2-3-4-5-6-91-48-33-73-17-69-30-29-65(42(69)85)13-61-26-25-57(38(61)81)9-53-22-21-49(34(53)77)7-51-23-24-55(36(51)79)11-59-27-28-63(40(59)83)15-67-31-32(71(44(67)87)19-75(48)46(73)89)72-20-76(48)47(90)74(33)18-70(30)43(86)66(29)14-62(26)39(82)58(25)10-54(22)35(78)50(21)8-52(23)37(80)56(24)12-60(27)41(84)64(28)16-68(31)45(72)88/h1,21-33H,3-20H2. The lowest BCUT2D eigenvalue weighted by atomic mass is 10.2. The van der Waals surface area contributed by atoms with E-state index in [2.05, 4.69) is 5.92 Å². The summed E-state index contributed by atoms with van der Waals surface area (Å²) in [6, 6.07) is -10.6. The molecule has 21 aliphatic rings. The van der Waals surface area contributed by atoms with Crippen molar-refractivity contribution in [2.24, 2.45) is 0 Å². The van der Waals surface area contributed by atoms with E-state index >= 15 is 67.1 Å². The van der Waals surface area contributed by atoms with E-state index in [9.17, 15) is 0 Å². The van der Waals surface area contributed by atoms with Crippen LogP contribution in [-0.2, 0) is 4.74 Å². The van der Waals surface area contributed by atoms with Crippen LogP contribution in [0, 0.1) is 12.3 Å². The molecule has 0 aromatic rings. The lowest BCUT2D eigenvalue weighted by Crippen LogP contribution is -2.69. The molecule has 43 heteroatoms. The summed E-state index contributed by atoms with van der Waals surface area (Å²) >= 11 is 0. The molecule has 43 nitrogen and oxygen atoms in total. The number of hydrogen-bond acceptors (Lipinski definition) is 15. The Kier molecular flexibility index (Phi) is 8.09. The summed E-state index contributed by atoms with van der Waals surface area (Å²) in [6.07, 6.45) is -10.1. The summed E-state index contributed by atoms with van der Waals surface area (Å²) in [7, 11) is 0. The molecule has 21 aliphatic heterocycles. The summed E-state index contributed by atoms with van der Waals surface area (Å²) in [4.78, 5) is 254. The number of hydrogen-bond donors (Lipinski definition) is 0. The monoisotopic (exact) mass is 1260 g/mol. The number of carbonyl (C=O) groups is 14. The number of unbranched alkanes of at least 4 members (excludes halogenated alkanes) is 2. The van der Waals surface area contributed by atoms with E-state index in [0.717, 1.165) is 0 Å². The Morgan fingerprint density at radius 2 is 0.440 bits per heavy atom. The van der Waals surface area contributed by atoms with Crippen molar-refractivity contribution in [1.82, 2.24) is 137 Å². The second-order valence-electron chi connectivity index (χ2n) is 26.5. The van der Waals surface area contributed by atoms with E-state index in [1.54, 1.807) is 0 Å². The number of urea groups is 14. The average Bonchev–Trinajstić information content (AvgIpc) is 1.52. The topological polar surface area (TPSA) is 339 Å². The van der Waals surface area contributed by atoms with Crippen LogP contribution >= 0.6 is 0 Å². The first kappa shape index (κ1) is 49.2. The summed E-state index contributed by atoms with van der Waals surface area (Å²) < 4.78 is 6.94. The van der Waals surface area contributed by atoms with Gasteiger partial charge in [-0.2, -0.15) is 0 Å². The third-order valence-corrected chi connectivity index (χ3v) is 23.1. The second kappa shape index (κ2) is 15.0. The predicted octanol–water partition coefficient (Wildman–Crippen LogP) is -5.46. The zero-order valence-corrected chi connectivity index (χ0v) is 47.5. The first-order chi connectivity index (χ1) is 43.9. The van der Waals surface area contributed by atoms with Crippen LogP contribution in [0.15, 0.2) is 0 Å². The van der Waals surface area contributed by atoms with Gasteiger partial charge in [-0.15, -0.1) is 12.3 Å². The lowest BCUT2D eigenvalue weighted by Gasteiger charge is -2.47. The Morgan fingerprint density at radius 1 is 0.264 bits per heavy atom. The molecule has 91 heavy (non-hydrogen) atoms. The highest BCUT2D eigenvalue weighted by Gasteiger charge is 2.80. The molecule has 0 saturated carbocycles. The molecule has 21 heterocycles. The van der Waals surface area contributed by atoms with Crippen LogP contribution in [-0.4, -0.2) is 408 Å². The van der Waals surface area contributed by atoms with E-state index in [0.29, 0.717) is 19.3 Å². The Balaban J connectivity index is 0.738. The SMILES string of the molecule is C#CCCCCOC12C3N4CN5C(=O)N6CN7C(=O)N8CN9C(=O)N%10CN%11C(=O)N%12CN%13C(=O)N%14CN%15C(=O)N(CN1C4=O)C1C%15N4CN%15C(=O)N(CN%16C(=O)N(CN%17C(=O)N(CN%18C(=O)N(CN%19C(=O)N(CN3C(=O)N2CN1C4=O)C5C6%19)C7C8%18)C9C%10%17)C%11C%12%16)C%13C%14%15. The highest BCUT2D eigenvalue weighted by atomic mass is 16.6. The Hall–Kier alpha value is -10.7. The predicted molar refractivity (Wildman–Crippen MR) is 276 cm³/mol. The maximum atomic E-state index is 16.0. The number of carbonyl (C=O) groups excluding carboxylic acids is 14. The maximum absolute atomic E-state index is 16.0. The summed E-state index contributed by atoms with van der Waals surface area (Å²) in [6.45, 7) is -8.06. The van der Waals surface area contributed by atoms with E-state index in [4.69, 9.17) is 11.2 Å². The normalized spacial score (nSPS) is 38.9. The molecule has 21 saturated heterocycles. The number of rotatable bonds is 5. The van der Waals surface area contributed by atoms with Gasteiger partial charge < -0.3 is 4.74 Å². The molecule has 0 aromatic heterocycles. The minimum Gasteiger partial charge on any atom is -0.335 e. The van der Waals surface area contributed by atoms with Crippen molar-refractivity contribution < 1.29 is 71.9 Å². The van der Waals surface area contributed by atoms with Crippen LogP contribution in [0.1, 0.15) is 19.3 Å². The van der Waals surface area contributed by atoms with Gasteiger partial charge in [-0.3, -0.25) is 137 Å². The second-order valence-corrected chi connectivity index (χ2v) is 26.5. The molecule has 28 amide bonds. The zero-order chi connectivity index (χ0) is 61.4. The number of terminal acetylenes is 1. The number of ether oxygens (including phenoxy) is 1. The molecule has 0 unspecified atom stereocenters. The average molecular weight is 1260 g/mol. The fourth-order valence-electron chi connectivity index (χ4n) is 19.5. The van der Waals surface area contributed by atoms with Gasteiger partial charge in [0.05, 0.1) is 6.61 Å². The Labute approximate surface area is 509 Å². The third kappa shape index (κ3) is 4.89. The first-order valence-corrected chi connectivity index (χ1v) is 30.1. The van der Waals surface area contributed by atoms with Gasteiger partial charge in [0.1, 0.15) is 93.4 Å². The largest absolute Gasteiger partial charge is 0.335 e. The van der Waals surface area contributed by atoms with Crippen molar-refractivity contribution in [1.29, 1.82) is 0 Å². The molecule has 0 N–H and O–H groups in total. The molecule has 0 aromatic carbocycles. The maximum Gasteiger partial charge on any atom is 0.328 e. The molecule has 0 atom stereocenters. The van der Waals surface area contributed by atoms with Crippen molar-refractivity contribution in [3.63, 3.8) is 0 Å². The van der Waals surface area contributed by atoms with Crippen molar-refractivity contribution in [2.45, 2.75) is 105 Å². The van der Waals surface area contributed by atoms with E-state index in [1.165, 1.54) is 137 Å². The molecule has 0 spiro atoms. The molecule has 0 aliphatic carbocycles. The van der Waals surface area contributed by atoms with Gasteiger partial charge in [-0.1, -0.05) is 0 Å². The molecular weight excluding hydrogens is 1210 g/mol. The fourth-order valence-corrected chi connectivity index (χ4v) is 19.5. The van der Waals surface area contributed by atoms with Gasteiger partial charge in [0.2, 0.25) is 0 Å². The van der Waals surface area contributed by atoms with Crippen molar-refractivity contribution >= 4 is 84.4 Å². The third-order valence-electron chi connectivity index (χ3n) is 23.1. The molecule has 472 valence electrons. The van der Waals surface area contributed by atoms with Crippen LogP contribution in [0.25, 0.3) is 0 Å². The highest BCUT2D eigenvalue weighted by Crippen LogP contribution is 2.55. The number of nitrogens with zero attached hydrogens (tertiary/aromatic N) is 28. The van der Waals surface area contributed by atoms with Crippen molar-refractivity contribution in [2.75, 3.05) is 100.0 Å². The van der Waals surface area contributed by atoms with Gasteiger partial charge in [-0.25, -0.2) is 67.1 Å². The summed E-state index contributed by atoms with van der Waals surface area (Å²) in [5, 5.41) is 0. The Bertz CT molecular complexity index is 3610. The van der Waals surface area contributed by atoms with Crippen molar-refractivity contribution in [3.8, 4) is 12.3 Å². The molecule has 0 radical (unpaired) electrons. The minimum atomic E-state index is -2.23. The van der Waals surface area contributed by atoms with E-state index in [1.807, 2.05) is 0 Å². The van der Waals surface area contributed by atoms with E-state index in [-0.39, 0.29) is 6.61 Å². The molecular formula is C48H50N28O15. The molecule has 0 bridgehead atoms. The van der Waals surface area contributed by atoms with Gasteiger partial charge in [0, 0.05) is 6.42 Å². The van der Waals surface area contributed by atoms with Gasteiger partial charge in [-0.05, 0) is 12.8 Å². The van der Waals surface area contributed by atoms with Crippen LogP contribution in [0.2, 0.25) is 0 Å². The van der Waals surface area contributed by atoms with Crippen LogP contribution < -0.4 is 0 Å². The summed E-state index contributed by atoms with van der Waals surface area (Å²) in [5.41, 5.74) is 0. The fraction of sp³-hybridized carbons (Fsp3) is 0.667. The first-order valence-electron chi connectivity index (χ1n) is 30.1. The zero-order valence-electron chi connectivity index (χ0n) is 47.5.